The summed E-state index contributed by atoms with van der Waals surface area (Å²) in [4.78, 5) is 48.0. The van der Waals surface area contributed by atoms with E-state index in [2.05, 4.69) is 9.97 Å². The lowest BCUT2D eigenvalue weighted by atomic mass is 10.2. The lowest BCUT2D eigenvalue weighted by Crippen LogP contribution is -2.51. The van der Waals surface area contributed by atoms with Crippen LogP contribution in [0.2, 0.25) is 0 Å². The van der Waals surface area contributed by atoms with Crippen molar-refractivity contribution in [1.29, 1.82) is 0 Å². The van der Waals surface area contributed by atoms with Crippen LogP contribution in [0.1, 0.15) is 12.8 Å². The molecule has 0 radical (unpaired) electrons. The molecule has 0 bridgehead atoms. The number of aromatic nitrogens is 4. The number of nitrogens with one attached hydrogen (secondary N) is 1. The van der Waals surface area contributed by atoms with Crippen LogP contribution in [-0.4, -0.2) is 68.8 Å². The molecule has 1 N–H and O–H groups in total. The van der Waals surface area contributed by atoms with Crippen LogP contribution in [0.5, 0.6) is 0 Å². The predicted molar refractivity (Wildman–Crippen MR) is 94.3 cm³/mol. The molecule has 0 spiro atoms. The highest BCUT2D eigenvalue weighted by molar-refractivity contribution is 5.81. The van der Waals surface area contributed by atoms with E-state index in [0.717, 1.165) is 17.4 Å². The van der Waals surface area contributed by atoms with Crippen molar-refractivity contribution in [3.8, 4) is 0 Å². The van der Waals surface area contributed by atoms with Crippen molar-refractivity contribution in [3.05, 3.63) is 20.8 Å². The summed E-state index contributed by atoms with van der Waals surface area (Å²) in [5.74, 6) is 0.602. The van der Waals surface area contributed by atoms with Gasteiger partial charge in [-0.2, -0.15) is 4.98 Å². The van der Waals surface area contributed by atoms with Crippen molar-refractivity contribution in [3.63, 3.8) is 0 Å². The monoisotopic (exact) mass is 362 g/mol. The Bertz CT molecular complexity index is 960. The van der Waals surface area contributed by atoms with Gasteiger partial charge in [-0.05, 0) is 12.8 Å². The number of piperazine rings is 1. The molecule has 0 aliphatic carbocycles. The van der Waals surface area contributed by atoms with Crippen LogP contribution in [0.3, 0.4) is 0 Å². The molecule has 2 aliphatic rings. The van der Waals surface area contributed by atoms with E-state index >= 15 is 0 Å². The van der Waals surface area contributed by atoms with E-state index in [1.807, 2.05) is 9.80 Å². The molecule has 140 valence electrons. The molecule has 2 fully saturated rings. The van der Waals surface area contributed by atoms with Gasteiger partial charge in [0.2, 0.25) is 5.95 Å². The number of carbonyl (C=O) groups is 1. The Kier molecular flexibility index (Phi) is 4.06. The van der Waals surface area contributed by atoms with Crippen LogP contribution in [0, 0.1) is 0 Å². The zero-order chi connectivity index (χ0) is 18.4. The van der Waals surface area contributed by atoms with Gasteiger partial charge in [-0.15, -0.1) is 0 Å². The summed E-state index contributed by atoms with van der Waals surface area (Å²) in [5.41, 5.74) is -0.157. The Hall–Kier alpha value is -2.62. The van der Waals surface area contributed by atoms with Crippen LogP contribution >= 0.6 is 0 Å². The minimum absolute atomic E-state index is 0.0584. The fourth-order valence-corrected chi connectivity index (χ4v) is 3.58. The summed E-state index contributed by atoms with van der Waals surface area (Å²) in [7, 11) is 3.03. The maximum Gasteiger partial charge on any atom is 0.332 e. The normalized spacial score (nSPS) is 20.9. The fraction of sp³-hybridized carbons (Fsp3) is 0.625. The summed E-state index contributed by atoms with van der Waals surface area (Å²) in [6.07, 6.45) is 1.42. The number of anilines is 1. The Morgan fingerprint density at radius 1 is 1.15 bits per heavy atom. The number of aromatic amines is 1. The molecule has 10 nitrogen and oxygen atoms in total. The average Bonchev–Trinajstić information content (AvgIpc) is 3.34. The van der Waals surface area contributed by atoms with Gasteiger partial charge in [0.25, 0.3) is 11.5 Å². The molecule has 10 heteroatoms. The maximum absolute atomic E-state index is 12.4. The van der Waals surface area contributed by atoms with Gasteiger partial charge in [0.1, 0.15) is 6.10 Å². The summed E-state index contributed by atoms with van der Waals surface area (Å²) < 4.78 is 7.89. The number of hydrogen-bond donors (Lipinski definition) is 1. The van der Waals surface area contributed by atoms with E-state index in [9.17, 15) is 14.4 Å². The SMILES string of the molecule is Cn1c(=O)c2[nH]c(N3CCN(C(=O)[C@H]4CCCO4)CC3)nc2n(C)c1=O. The van der Waals surface area contributed by atoms with Crippen LogP contribution in [0.25, 0.3) is 11.2 Å². The highest BCUT2D eigenvalue weighted by Crippen LogP contribution is 2.19. The minimum Gasteiger partial charge on any atom is -0.368 e. The number of H-pyrrole nitrogens is 1. The molecular formula is C16H22N6O4. The molecule has 0 saturated carbocycles. The van der Waals surface area contributed by atoms with Gasteiger partial charge >= 0.3 is 5.69 Å². The van der Waals surface area contributed by atoms with E-state index in [0.29, 0.717) is 49.9 Å². The lowest BCUT2D eigenvalue weighted by Gasteiger charge is -2.35. The molecule has 0 unspecified atom stereocenters. The molecule has 1 amide bonds. The number of nitrogens with zero attached hydrogens (tertiary/aromatic N) is 5. The standard InChI is InChI=1S/C16H22N6O4/c1-19-12-11(14(24)20(2)16(19)25)17-15(18-12)22-7-5-21(6-8-22)13(23)10-4-3-9-26-10/h10H,3-9H2,1-2H3,(H,17,18)/t10-/m1/s1. The van der Waals surface area contributed by atoms with Gasteiger partial charge in [0.15, 0.2) is 11.2 Å². The van der Waals surface area contributed by atoms with Crippen LogP contribution in [0.15, 0.2) is 9.59 Å². The highest BCUT2D eigenvalue weighted by Gasteiger charge is 2.31. The first kappa shape index (κ1) is 16.8. The molecule has 2 aliphatic heterocycles. The summed E-state index contributed by atoms with van der Waals surface area (Å²) in [5, 5.41) is 0. The first-order valence-electron chi connectivity index (χ1n) is 8.78. The van der Waals surface area contributed by atoms with Crippen LogP contribution in [0.4, 0.5) is 5.95 Å². The van der Waals surface area contributed by atoms with Gasteiger partial charge in [0.05, 0.1) is 0 Å². The van der Waals surface area contributed by atoms with E-state index < -0.39 is 11.2 Å². The second kappa shape index (κ2) is 6.27. The largest absolute Gasteiger partial charge is 0.368 e. The van der Waals surface area contributed by atoms with Crippen molar-refractivity contribution in [2.24, 2.45) is 14.1 Å². The van der Waals surface area contributed by atoms with Crippen LogP contribution < -0.4 is 16.1 Å². The second-order valence-electron chi connectivity index (χ2n) is 6.78. The van der Waals surface area contributed by atoms with Gasteiger partial charge < -0.3 is 19.5 Å². The van der Waals surface area contributed by atoms with Crippen molar-refractivity contribution in [2.45, 2.75) is 18.9 Å². The van der Waals surface area contributed by atoms with Crippen molar-refractivity contribution in [2.75, 3.05) is 37.7 Å². The molecular weight excluding hydrogens is 340 g/mol. The Labute approximate surface area is 149 Å². The molecule has 2 aromatic heterocycles. The van der Waals surface area contributed by atoms with Gasteiger partial charge in [0, 0.05) is 46.9 Å². The second-order valence-corrected chi connectivity index (χ2v) is 6.78. The summed E-state index contributed by atoms with van der Waals surface area (Å²) in [6, 6.07) is 0. The maximum atomic E-state index is 12.4. The molecule has 4 rings (SSSR count). The van der Waals surface area contributed by atoms with Gasteiger partial charge in [-0.3, -0.25) is 18.7 Å². The first-order chi connectivity index (χ1) is 12.5. The molecule has 4 heterocycles. The smallest absolute Gasteiger partial charge is 0.332 e. The average molecular weight is 362 g/mol. The fourth-order valence-electron chi connectivity index (χ4n) is 3.58. The van der Waals surface area contributed by atoms with Gasteiger partial charge in [-0.25, -0.2) is 4.79 Å². The molecule has 1 atom stereocenters. The predicted octanol–water partition coefficient (Wildman–Crippen LogP) is -1.21. The van der Waals surface area contributed by atoms with Crippen molar-refractivity contribution >= 4 is 23.0 Å². The zero-order valence-corrected chi connectivity index (χ0v) is 14.9. The third-order valence-electron chi connectivity index (χ3n) is 5.18. The lowest BCUT2D eigenvalue weighted by molar-refractivity contribution is -0.141. The van der Waals surface area contributed by atoms with Crippen LogP contribution in [-0.2, 0) is 23.6 Å². The quantitative estimate of drug-likeness (QED) is 0.719. The number of amides is 1. The number of carbonyl (C=O) groups excluding carboxylic acids is 1. The topological polar surface area (TPSA) is 105 Å². The molecule has 26 heavy (non-hydrogen) atoms. The first-order valence-corrected chi connectivity index (χ1v) is 8.78. The van der Waals surface area contributed by atoms with Gasteiger partial charge in [-0.1, -0.05) is 0 Å². The van der Waals surface area contributed by atoms with Crippen molar-refractivity contribution < 1.29 is 9.53 Å². The van der Waals surface area contributed by atoms with Crippen molar-refractivity contribution in [1.82, 2.24) is 24.0 Å². The van der Waals surface area contributed by atoms with E-state index in [-0.39, 0.29) is 12.0 Å². The number of rotatable bonds is 2. The Morgan fingerprint density at radius 2 is 1.88 bits per heavy atom. The number of aryl methyl sites for hydroxylation is 1. The number of fused-ring (bicyclic) bond motifs is 1. The number of hydrogen-bond acceptors (Lipinski definition) is 6. The zero-order valence-electron chi connectivity index (χ0n) is 14.9. The Morgan fingerprint density at radius 3 is 2.54 bits per heavy atom. The highest BCUT2D eigenvalue weighted by atomic mass is 16.5. The molecule has 2 aromatic rings. The minimum atomic E-state index is -0.410. The number of ether oxygens (including phenoxy) is 1. The summed E-state index contributed by atoms with van der Waals surface area (Å²) >= 11 is 0. The summed E-state index contributed by atoms with van der Waals surface area (Å²) in [6.45, 7) is 3.02. The number of imidazole rings is 1. The molecule has 0 aromatic carbocycles. The molecule has 2 saturated heterocycles. The third-order valence-corrected chi connectivity index (χ3v) is 5.18. The Balaban J connectivity index is 1.54. The van der Waals surface area contributed by atoms with E-state index in [1.54, 1.807) is 7.05 Å². The van der Waals surface area contributed by atoms with E-state index in [1.165, 1.54) is 11.6 Å². The third kappa shape index (κ3) is 2.61. The van der Waals surface area contributed by atoms with E-state index in [4.69, 9.17) is 4.74 Å².